The Morgan fingerprint density at radius 3 is 2.28 bits per heavy atom. The molecule has 0 aliphatic heterocycles. The Kier molecular flexibility index (Phi) is 4.69. The first-order valence-corrected chi connectivity index (χ1v) is 7.49. The summed E-state index contributed by atoms with van der Waals surface area (Å²) in [6.07, 6.45) is 0. The Labute approximate surface area is 142 Å². The highest BCUT2D eigenvalue weighted by atomic mass is 19.1. The number of halogens is 2. The summed E-state index contributed by atoms with van der Waals surface area (Å²) < 4.78 is 27.4. The summed E-state index contributed by atoms with van der Waals surface area (Å²) in [6.45, 7) is 2.09. The van der Waals surface area contributed by atoms with Gasteiger partial charge in [-0.2, -0.15) is 0 Å². The summed E-state index contributed by atoms with van der Waals surface area (Å²) in [7, 11) is 0. The van der Waals surface area contributed by atoms with E-state index in [0.717, 1.165) is 5.56 Å². The van der Waals surface area contributed by atoms with Crippen LogP contribution in [0.5, 0.6) is 0 Å². The summed E-state index contributed by atoms with van der Waals surface area (Å²) in [5.74, 6) is -1.14. The summed E-state index contributed by atoms with van der Waals surface area (Å²) in [4.78, 5) is 12.2. The summed E-state index contributed by atoms with van der Waals surface area (Å²) in [6, 6.07) is 11.6. The highest BCUT2D eigenvalue weighted by molar-refractivity contribution is 5.93. The van der Waals surface area contributed by atoms with Crippen molar-refractivity contribution in [1.29, 1.82) is 0 Å². The lowest BCUT2D eigenvalue weighted by atomic mass is 10.2. The van der Waals surface area contributed by atoms with Crippen molar-refractivity contribution in [3.63, 3.8) is 0 Å². The van der Waals surface area contributed by atoms with E-state index in [1.807, 2.05) is 0 Å². The fraction of sp³-hybridized carbons (Fsp3) is 0.118. The third-order valence-electron chi connectivity index (χ3n) is 3.61. The van der Waals surface area contributed by atoms with E-state index in [9.17, 15) is 13.6 Å². The molecule has 1 heterocycles. The average Bonchev–Trinajstić information content (AvgIpc) is 2.97. The van der Waals surface area contributed by atoms with Crippen molar-refractivity contribution in [2.45, 2.75) is 13.5 Å². The van der Waals surface area contributed by atoms with Crippen molar-refractivity contribution < 1.29 is 13.6 Å². The Balaban J connectivity index is 1.66. The Hall–Kier alpha value is -3.29. The van der Waals surface area contributed by atoms with E-state index in [2.05, 4.69) is 21.2 Å². The van der Waals surface area contributed by atoms with E-state index in [1.54, 1.807) is 23.7 Å². The van der Waals surface area contributed by atoms with Gasteiger partial charge in [0.15, 0.2) is 5.69 Å². The molecule has 0 saturated carbocycles. The molecule has 6 nitrogen and oxygen atoms in total. The standard InChI is InChI=1S/C17H15F2N5O/c1-11-16(17(25)22-20-15-8-6-14(19)7-9-15)21-23-24(11)10-12-2-4-13(18)5-3-12/h2-9,20H,10H2,1H3,(H,22,25). The molecule has 1 aromatic heterocycles. The van der Waals surface area contributed by atoms with Gasteiger partial charge in [-0.15, -0.1) is 5.10 Å². The largest absolute Gasteiger partial charge is 0.298 e. The smallest absolute Gasteiger partial charge is 0.292 e. The van der Waals surface area contributed by atoms with Crippen LogP contribution in [0.4, 0.5) is 14.5 Å². The number of rotatable bonds is 5. The molecule has 0 saturated heterocycles. The third-order valence-corrected chi connectivity index (χ3v) is 3.61. The van der Waals surface area contributed by atoms with Gasteiger partial charge < -0.3 is 0 Å². The van der Waals surface area contributed by atoms with Crippen LogP contribution >= 0.6 is 0 Å². The van der Waals surface area contributed by atoms with E-state index < -0.39 is 5.91 Å². The van der Waals surface area contributed by atoms with Gasteiger partial charge in [-0.3, -0.25) is 15.6 Å². The molecule has 128 valence electrons. The van der Waals surface area contributed by atoms with Gasteiger partial charge in [0.05, 0.1) is 17.9 Å². The molecule has 0 aliphatic carbocycles. The van der Waals surface area contributed by atoms with Crippen LogP contribution in [0.3, 0.4) is 0 Å². The number of anilines is 1. The lowest BCUT2D eigenvalue weighted by Crippen LogP contribution is -2.30. The molecule has 0 spiro atoms. The lowest BCUT2D eigenvalue weighted by molar-refractivity contribution is 0.0957. The second kappa shape index (κ2) is 7.08. The molecule has 25 heavy (non-hydrogen) atoms. The van der Waals surface area contributed by atoms with Crippen LogP contribution in [-0.2, 0) is 6.54 Å². The van der Waals surface area contributed by atoms with Crippen molar-refractivity contribution in [3.8, 4) is 0 Å². The first-order chi connectivity index (χ1) is 12.0. The molecule has 3 rings (SSSR count). The maximum absolute atomic E-state index is 12.9. The molecule has 0 radical (unpaired) electrons. The number of carbonyl (C=O) groups excluding carboxylic acids is 1. The van der Waals surface area contributed by atoms with Crippen LogP contribution in [0.25, 0.3) is 0 Å². The molecule has 2 aromatic carbocycles. The Bertz CT molecular complexity index is 875. The first kappa shape index (κ1) is 16.6. The summed E-state index contributed by atoms with van der Waals surface area (Å²) in [5, 5.41) is 7.84. The van der Waals surface area contributed by atoms with Gasteiger partial charge in [0.1, 0.15) is 11.6 Å². The maximum atomic E-state index is 12.9. The number of nitrogens with one attached hydrogen (secondary N) is 2. The topological polar surface area (TPSA) is 71.8 Å². The van der Waals surface area contributed by atoms with Gasteiger partial charge in [0.2, 0.25) is 0 Å². The van der Waals surface area contributed by atoms with Crippen LogP contribution in [0.15, 0.2) is 48.5 Å². The van der Waals surface area contributed by atoms with Crippen LogP contribution in [0, 0.1) is 18.6 Å². The van der Waals surface area contributed by atoms with Crippen molar-refractivity contribution in [3.05, 3.63) is 77.1 Å². The molecule has 2 N–H and O–H groups in total. The third kappa shape index (κ3) is 3.97. The SMILES string of the molecule is Cc1c(C(=O)NNc2ccc(F)cc2)nnn1Cc1ccc(F)cc1. The molecule has 0 bridgehead atoms. The number of carbonyl (C=O) groups is 1. The molecule has 0 unspecified atom stereocenters. The second-order valence-electron chi connectivity index (χ2n) is 5.39. The minimum atomic E-state index is -0.466. The Morgan fingerprint density at radius 2 is 1.64 bits per heavy atom. The zero-order chi connectivity index (χ0) is 17.8. The van der Waals surface area contributed by atoms with Crippen molar-refractivity contribution in [2.24, 2.45) is 0 Å². The van der Waals surface area contributed by atoms with Gasteiger partial charge in [0.25, 0.3) is 5.91 Å². The van der Waals surface area contributed by atoms with Crippen molar-refractivity contribution in [1.82, 2.24) is 20.4 Å². The predicted octanol–water partition coefficient (Wildman–Crippen LogP) is 2.67. The van der Waals surface area contributed by atoms with E-state index in [4.69, 9.17) is 0 Å². The fourth-order valence-electron chi connectivity index (χ4n) is 2.20. The van der Waals surface area contributed by atoms with Gasteiger partial charge >= 0.3 is 0 Å². The number of amides is 1. The molecular formula is C17H15F2N5O. The monoisotopic (exact) mass is 343 g/mol. The maximum Gasteiger partial charge on any atom is 0.292 e. The molecule has 0 atom stereocenters. The number of hydrazine groups is 1. The van der Waals surface area contributed by atoms with Crippen LogP contribution in [-0.4, -0.2) is 20.9 Å². The zero-order valence-electron chi connectivity index (χ0n) is 13.3. The highest BCUT2D eigenvalue weighted by Gasteiger charge is 2.16. The number of aromatic nitrogens is 3. The van der Waals surface area contributed by atoms with Gasteiger partial charge in [-0.1, -0.05) is 17.3 Å². The number of hydrogen-bond donors (Lipinski definition) is 2. The minimum absolute atomic E-state index is 0.164. The highest BCUT2D eigenvalue weighted by Crippen LogP contribution is 2.10. The molecule has 0 fully saturated rings. The average molecular weight is 343 g/mol. The first-order valence-electron chi connectivity index (χ1n) is 7.49. The number of benzene rings is 2. The molecule has 1 amide bonds. The minimum Gasteiger partial charge on any atom is -0.298 e. The fourth-order valence-corrected chi connectivity index (χ4v) is 2.20. The molecule has 8 heteroatoms. The summed E-state index contributed by atoms with van der Waals surface area (Å²) in [5.41, 5.74) is 7.27. The second-order valence-corrected chi connectivity index (χ2v) is 5.39. The van der Waals surface area contributed by atoms with Crippen molar-refractivity contribution >= 4 is 11.6 Å². The van der Waals surface area contributed by atoms with Gasteiger partial charge in [-0.05, 0) is 48.9 Å². The molecule has 0 aliphatic rings. The number of hydrogen-bond acceptors (Lipinski definition) is 4. The van der Waals surface area contributed by atoms with E-state index in [-0.39, 0.29) is 17.3 Å². The van der Waals surface area contributed by atoms with E-state index in [0.29, 0.717) is 17.9 Å². The van der Waals surface area contributed by atoms with Crippen LogP contribution in [0.2, 0.25) is 0 Å². The van der Waals surface area contributed by atoms with E-state index >= 15 is 0 Å². The van der Waals surface area contributed by atoms with Crippen LogP contribution < -0.4 is 10.9 Å². The zero-order valence-corrected chi connectivity index (χ0v) is 13.3. The quantitative estimate of drug-likeness (QED) is 0.699. The molecular weight excluding hydrogens is 328 g/mol. The normalized spacial score (nSPS) is 10.5. The lowest BCUT2D eigenvalue weighted by Gasteiger charge is -2.08. The Morgan fingerprint density at radius 1 is 1.04 bits per heavy atom. The van der Waals surface area contributed by atoms with Gasteiger partial charge in [-0.25, -0.2) is 13.5 Å². The predicted molar refractivity (Wildman–Crippen MR) is 87.7 cm³/mol. The molecule has 3 aromatic rings. The van der Waals surface area contributed by atoms with Crippen LogP contribution in [0.1, 0.15) is 21.7 Å². The summed E-state index contributed by atoms with van der Waals surface area (Å²) >= 11 is 0. The van der Waals surface area contributed by atoms with Crippen molar-refractivity contribution in [2.75, 3.05) is 5.43 Å². The number of nitrogens with zero attached hydrogens (tertiary/aromatic N) is 3. The van der Waals surface area contributed by atoms with E-state index in [1.165, 1.54) is 36.4 Å². The van der Waals surface area contributed by atoms with Gasteiger partial charge in [0, 0.05) is 0 Å².